The van der Waals surface area contributed by atoms with E-state index in [-0.39, 0.29) is 5.56 Å². The summed E-state index contributed by atoms with van der Waals surface area (Å²) < 4.78 is 4.70. The van der Waals surface area contributed by atoms with E-state index in [2.05, 4.69) is 0 Å². The maximum Gasteiger partial charge on any atom is 0.318 e. The number of carbonyl (C=O) groups is 1. The Morgan fingerprint density at radius 2 is 1.60 bits per heavy atom. The third-order valence-electron chi connectivity index (χ3n) is 2.90. The molecule has 0 unspecified atom stereocenters. The number of carboxylic acids is 1. The zero-order valence-corrected chi connectivity index (χ0v) is 10.9. The smallest absolute Gasteiger partial charge is 0.318 e. The monoisotopic (exact) mass is 284 g/mol. The molecule has 9 heteroatoms. The number of nitrogens with zero attached hydrogens (tertiary/aromatic N) is 2. The van der Waals surface area contributed by atoms with Crippen LogP contribution in [0.1, 0.15) is 19.4 Å². The lowest BCUT2D eigenvalue weighted by molar-refractivity contribution is -0.396. The number of methoxy groups -OCH3 is 1. The number of ether oxygens (including phenoxy) is 1. The fourth-order valence-electron chi connectivity index (χ4n) is 1.56. The van der Waals surface area contributed by atoms with Crippen LogP contribution in [0.4, 0.5) is 11.4 Å². The molecule has 0 radical (unpaired) electrons. The molecule has 0 saturated carbocycles. The van der Waals surface area contributed by atoms with Crippen LogP contribution in [0.15, 0.2) is 12.1 Å². The molecule has 9 nitrogen and oxygen atoms in total. The molecule has 1 aromatic carbocycles. The average molecular weight is 284 g/mol. The second-order valence-corrected chi connectivity index (χ2v) is 4.49. The first kappa shape index (κ1) is 15.3. The van der Waals surface area contributed by atoms with Gasteiger partial charge in [0.25, 0.3) is 5.75 Å². The Morgan fingerprint density at radius 1 is 1.20 bits per heavy atom. The van der Waals surface area contributed by atoms with Gasteiger partial charge >= 0.3 is 17.3 Å². The lowest BCUT2D eigenvalue weighted by Crippen LogP contribution is -2.28. The molecule has 0 atom stereocenters. The first-order valence-corrected chi connectivity index (χ1v) is 5.37. The first-order chi connectivity index (χ1) is 9.12. The zero-order valence-electron chi connectivity index (χ0n) is 10.9. The van der Waals surface area contributed by atoms with Gasteiger partial charge in [-0.15, -0.1) is 0 Å². The van der Waals surface area contributed by atoms with E-state index in [9.17, 15) is 25.0 Å². The number of carboxylic acid groups (broad SMARTS) is 1. The molecule has 1 N–H and O–H groups in total. The SMILES string of the molecule is COc1c([N+](=O)[O-])cc(C(C)(C)C(=O)O)cc1[N+](=O)[O-]. The van der Waals surface area contributed by atoms with Crippen molar-refractivity contribution in [2.75, 3.05) is 7.11 Å². The van der Waals surface area contributed by atoms with Gasteiger partial charge in [0.2, 0.25) is 0 Å². The summed E-state index contributed by atoms with van der Waals surface area (Å²) in [6.45, 7) is 2.59. The summed E-state index contributed by atoms with van der Waals surface area (Å²) in [5, 5.41) is 31.0. The van der Waals surface area contributed by atoms with Crippen molar-refractivity contribution in [1.82, 2.24) is 0 Å². The molecule has 0 spiro atoms. The van der Waals surface area contributed by atoms with Crippen LogP contribution in [0.3, 0.4) is 0 Å². The summed E-state index contributed by atoms with van der Waals surface area (Å²) >= 11 is 0. The quantitative estimate of drug-likeness (QED) is 0.644. The predicted octanol–water partition coefficient (Wildman–Crippen LogP) is 1.87. The van der Waals surface area contributed by atoms with Crippen LogP contribution in [0.2, 0.25) is 0 Å². The first-order valence-electron chi connectivity index (χ1n) is 5.37. The largest absolute Gasteiger partial charge is 0.485 e. The minimum absolute atomic E-state index is 0.0517. The Morgan fingerprint density at radius 3 is 1.85 bits per heavy atom. The standard InChI is InChI=1S/C11H12N2O7/c1-11(2,10(14)15)6-4-7(12(16)17)9(20-3)8(5-6)13(18)19/h4-5H,1-3H3,(H,14,15). The Balaban J connectivity index is 3.71. The van der Waals surface area contributed by atoms with Gasteiger partial charge in [0.1, 0.15) is 0 Å². The molecular weight excluding hydrogens is 272 g/mol. The minimum atomic E-state index is -1.51. The van der Waals surface area contributed by atoms with Gasteiger partial charge in [-0.25, -0.2) is 0 Å². The Labute approximate surface area is 113 Å². The van der Waals surface area contributed by atoms with Gasteiger partial charge in [-0.05, 0) is 19.4 Å². The zero-order chi connectivity index (χ0) is 15.7. The van der Waals surface area contributed by atoms with Crippen molar-refractivity contribution in [2.45, 2.75) is 19.3 Å². The fraction of sp³-hybridized carbons (Fsp3) is 0.364. The number of nitro groups is 2. The highest BCUT2D eigenvalue weighted by Gasteiger charge is 2.36. The van der Waals surface area contributed by atoms with Gasteiger partial charge in [-0.2, -0.15) is 0 Å². The minimum Gasteiger partial charge on any atom is -0.485 e. The van der Waals surface area contributed by atoms with Crippen molar-refractivity contribution in [2.24, 2.45) is 0 Å². The lowest BCUT2D eigenvalue weighted by Gasteiger charge is -2.19. The highest BCUT2D eigenvalue weighted by molar-refractivity contribution is 5.81. The maximum absolute atomic E-state index is 11.2. The highest BCUT2D eigenvalue weighted by atomic mass is 16.6. The van der Waals surface area contributed by atoms with Crippen LogP contribution in [-0.2, 0) is 10.2 Å². The van der Waals surface area contributed by atoms with E-state index in [1.807, 2.05) is 0 Å². The van der Waals surface area contributed by atoms with E-state index in [1.54, 1.807) is 0 Å². The van der Waals surface area contributed by atoms with Crippen LogP contribution >= 0.6 is 0 Å². The number of aliphatic carboxylic acids is 1. The second kappa shape index (κ2) is 5.11. The summed E-state index contributed by atoms with van der Waals surface area (Å²) in [4.78, 5) is 31.4. The number of rotatable bonds is 5. The molecule has 0 aliphatic carbocycles. The molecule has 1 rings (SSSR count). The maximum atomic E-state index is 11.2. The molecule has 0 aliphatic heterocycles. The number of nitro benzene ring substituents is 2. The normalized spacial score (nSPS) is 10.9. The van der Waals surface area contributed by atoms with Crippen LogP contribution in [0, 0.1) is 20.2 Å². The Kier molecular flexibility index (Phi) is 3.92. The Hall–Kier alpha value is -2.71. The molecule has 0 heterocycles. The predicted molar refractivity (Wildman–Crippen MR) is 67.0 cm³/mol. The number of hydrogen-bond donors (Lipinski definition) is 1. The number of benzene rings is 1. The summed E-state index contributed by atoms with van der Waals surface area (Å²) in [6, 6.07) is 1.94. The van der Waals surface area contributed by atoms with Crippen molar-refractivity contribution in [3.63, 3.8) is 0 Å². The van der Waals surface area contributed by atoms with Gasteiger partial charge in [0, 0.05) is 12.1 Å². The lowest BCUT2D eigenvalue weighted by atomic mass is 9.84. The van der Waals surface area contributed by atoms with Gasteiger partial charge in [0.15, 0.2) is 0 Å². The van der Waals surface area contributed by atoms with Crippen LogP contribution in [0.25, 0.3) is 0 Å². The van der Waals surface area contributed by atoms with E-state index < -0.39 is 38.4 Å². The van der Waals surface area contributed by atoms with Crippen LogP contribution in [-0.4, -0.2) is 28.0 Å². The van der Waals surface area contributed by atoms with Crippen molar-refractivity contribution >= 4 is 17.3 Å². The van der Waals surface area contributed by atoms with Crippen molar-refractivity contribution in [1.29, 1.82) is 0 Å². The van der Waals surface area contributed by atoms with Crippen LogP contribution in [0.5, 0.6) is 5.75 Å². The van der Waals surface area contributed by atoms with Crippen LogP contribution < -0.4 is 4.74 Å². The van der Waals surface area contributed by atoms with E-state index in [4.69, 9.17) is 9.84 Å². The van der Waals surface area contributed by atoms with Gasteiger partial charge in [-0.1, -0.05) is 0 Å². The molecule has 0 amide bonds. The molecule has 0 saturated heterocycles. The summed E-state index contributed by atoms with van der Waals surface area (Å²) in [5.41, 5.74) is -2.86. The molecular formula is C11H12N2O7. The molecule has 20 heavy (non-hydrogen) atoms. The van der Waals surface area contributed by atoms with Gasteiger partial charge < -0.3 is 9.84 Å². The van der Waals surface area contributed by atoms with Crippen molar-refractivity contribution < 1.29 is 24.5 Å². The van der Waals surface area contributed by atoms with Crippen molar-refractivity contribution in [3.8, 4) is 5.75 Å². The third kappa shape index (κ3) is 2.51. The summed E-state index contributed by atoms with van der Waals surface area (Å²) in [6.07, 6.45) is 0. The van der Waals surface area contributed by atoms with Gasteiger partial charge in [0.05, 0.1) is 22.4 Å². The molecule has 1 aromatic rings. The fourth-order valence-corrected chi connectivity index (χ4v) is 1.56. The van der Waals surface area contributed by atoms with Crippen molar-refractivity contribution in [3.05, 3.63) is 37.9 Å². The Bertz CT molecular complexity index is 559. The third-order valence-corrected chi connectivity index (χ3v) is 2.90. The molecule has 0 aliphatic rings. The van der Waals surface area contributed by atoms with E-state index in [1.165, 1.54) is 13.8 Å². The summed E-state index contributed by atoms with van der Waals surface area (Å²) in [7, 11) is 1.07. The molecule has 0 fully saturated rings. The molecule has 0 aromatic heterocycles. The summed E-state index contributed by atoms with van der Waals surface area (Å²) in [5.74, 6) is -1.77. The van der Waals surface area contributed by atoms with E-state index in [0.29, 0.717) is 0 Å². The molecule has 108 valence electrons. The second-order valence-electron chi connectivity index (χ2n) is 4.49. The van der Waals surface area contributed by atoms with E-state index >= 15 is 0 Å². The topological polar surface area (TPSA) is 133 Å². The molecule has 0 bridgehead atoms. The van der Waals surface area contributed by atoms with E-state index in [0.717, 1.165) is 19.2 Å². The average Bonchev–Trinajstić information content (AvgIpc) is 2.36. The van der Waals surface area contributed by atoms with Gasteiger partial charge in [-0.3, -0.25) is 25.0 Å². The highest BCUT2D eigenvalue weighted by Crippen LogP contribution is 2.40. The number of hydrogen-bond acceptors (Lipinski definition) is 6.